The predicted molar refractivity (Wildman–Crippen MR) is 97.9 cm³/mol. The van der Waals surface area contributed by atoms with Gasteiger partial charge in [-0.1, -0.05) is 23.9 Å². The number of hydrogen-bond acceptors (Lipinski definition) is 6. The van der Waals surface area contributed by atoms with Crippen LogP contribution in [-0.4, -0.2) is 46.0 Å². The second-order valence-electron chi connectivity index (χ2n) is 6.26. The normalized spacial score (nSPS) is 11.2. The molecular weight excluding hydrogens is 338 g/mol. The third-order valence-electron chi connectivity index (χ3n) is 3.68. The highest BCUT2D eigenvalue weighted by atomic mass is 32.2. The molecule has 0 unspecified atom stereocenters. The summed E-state index contributed by atoms with van der Waals surface area (Å²) < 4.78 is 10.8. The van der Waals surface area contributed by atoms with Gasteiger partial charge < -0.3 is 14.1 Å². The van der Waals surface area contributed by atoms with E-state index in [1.54, 1.807) is 7.11 Å². The molecule has 0 atom stereocenters. The molecule has 136 valence electrons. The summed E-state index contributed by atoms with van der Waals surface area (Å²) in [7, 11) is 1.64. The van der Waals surface area contributed by atoms with Gasteiger partial charge in [0, 0.05) is 12.1 Å². The van der Waals surface area contributed by atoms with Gasteiger partial charge in [-0.2, -0.15) is 0 Å². The van der Waals surface area contributed by atoms with Gasteiger partial charge in [-0.25, -0.2) is 0 Å². The fraction of sp³-hybridized carbons (Fsp3) is 0.500. The summed E-state index contributed by atoms with van der Waals surface area (Å²) in [6.45, 7) is 8.06. The average molecular weight is 363 g/mol. The minimum atomic E-state index is 0.0740. The van der Waals surface area contributed by atoms with Gasteiger partial charge in [0.1, 0.15) is 5.75 Å². The van der Waals surface area contributed by atoms with Crippen LogP contribution in [0.5, 0.6) is 5.75 Å². The van der Waals surface area contributed by atoms with Gasteiger partial charge in [0.15, 0.2) is 0 Å². The summed E-state index contributed by atoms with van der Waals surface area (Å²) in [4.78, 5) is 14.2. The molecule has 0 radical (unpaired) electrons. The van der Waals surface area contributed by atoms with Crippen LogP contribution in [0.3, 0.4) is 0 Å². The van der Waals surface area contributed by atoms with E-state index in [1.165, 1.54) is 11.8 Å². The lowest BCUT2D eigenvalue weighted by molar-refractivity contribution is -0.131. The number of carbonyl (C=O) groups excluding carboxylic acids is 1. The molecule has 0 N–H and O–H groups in total. The quantitative estimate of drug-likeness (QED) is 0.670. The van der Waals surface area contributed by atoms with Crippen molar-refractivity contribution >= 4 is 17.7 Å². The Balaban J connectivity index is 1.91. The number of benzene rings is 1. The molecule has 1 amide bonds. The zero-order chi connectivity index (χ0) is 18.4. The molecule has 6 nitrogen and oxygen atoms in total. The molecule has 1 aromatic carbocycles. The maximum atomic E-state index is 12.4. The van der Waals surface area contributed by atoms with E-state index in [9.17, 15) is 4.79 Å². The number of amides is 1. The minimum absolute atomic E-state index is 0.0740. The maximum absolute atomic E-state index is 12.4. The molecule has 0 saturated heterocycles. The van der Waals surface area contributed by atoms with E-state index in [0.29, 0.717) is 23.3 Å². The number of rotatable bonds is 8. The van der Waals surface area contributed by atoms with Gasteiger partial charge in [0.05, 0.1) is 19.3 Å². The zero-order valence-corrected chi connectivity index (χ0v) is 16.2. The third-order valence-corrected chi connectivity index (χ3v) is 4.49. The summed E-state index contributed by atoms with van der Waals surface area (Å²) in [6, 6.07) is 8.05. The van der Waals surface area contributed by atoms with Gasteiger partial charge >= 0.3 is 0 Å². The fourth-order valence-corrected chi connectivity index (χ4v) is 3.31. The van der Waals surface area contributed by atoms with Crippen molar-refractivity contribution in [1.29, 1.82) is 0 Å². The summed E-state index contributed by atoms with van der Waals surface area (Å²) >= 11 is 1.28. The first-order chi connectivity index (χ1) is 11.9. The van der Waals surface area contributed by atoms with E-state index in [1.807, 2.05) is 56.9 Å². The van der Waals surface area contributed by atoms with Crippen LogP contribution in [0.2, 0.25) is 0 Å². The second kappa shape index (κ2) is 8.89. The number of methoxy groups -OCH3 is 1. The Kier molecular flexibility index (Phi) is 6.87. The number of thioether (sulfide) groups is 1. The molecule has 0 saturated carbocycles. The molecule has 0 fully saturated rings. The van der Waals surface area contributed by atoms with Crippen LogP contribution < -0.4 is 4.74 Å². The van der Waals surface area contributed by atoms with Gasteiger partial charge in [-0.05, 0) is 45.4 Å². The van der Waals surface area contributed by atoms with E-state index in [0.717, 1.165) is 11.3 Å². The lowest BCUT2D eigenvalue weighted by Crippen LogP contribution is -2.43. The van der Waals surface area contributed by atoms with Gasteiger partial charge in [-0.15, -0.1) is 10.2 Å². The molecule has 0 aliphatic rings. The summed E-state index contributed by atoms with van der Waals surface area (Å²) in [5.74, 6) is 1.71. The Hall–Kier alpha value is -2.02. The smallest absolute Gasteiger partial charge is 0.277 e. The molecule has 0 spiro atoms. The molecular formula is C18H25N3O3S. The van der Waals surface area contributed by atoms with Crippen LogP contribution in [0, 0.1) is 0 Å². The van der Waals surface area contributed by atoms with Crippen molar-refractivity contribution in [2.24, 2.45) is 0 Å². The highest BCUT2D eigenvalue weighted by molar-refractivity contribution is 7.99. The van der Waals surface area contributed by atoms with Crippen molar-refractivity contribution in [3.05, 3.63) is 35.7 Å². The maximum Gasteiger partial charge on any atom is 0.277 e. The Morgan fingerprint density at radius 2 is 1.80 bits per heavy atom. The standard InChI is InChI=1S/C18H25N3O3S/c1-12(2)21(13(3)4)17(22)11-25-18-20-19-16(24-18)10-14-6-8-15(23-5)9-7-14/h6-9,12-13H,10-11H2,1-5H3. The summed E-state index contributed by atoms with van der Waals surface area (Å²) in [5.41, 5.74) is 1.06. The van der Waals surface area contributed by atoms with E-state index in [2.05, 4.69) is 10.2 Å². The van der Waals surface area contributed by atoms with E-state index < -0.39 is 0 Å². The molecule has 1 aromatic heterocycles. The average Bonchev–Trinajstić information content (AvgIpc) is 3.00. The Morgan fingerprint density at radius 1 is 1.16 bits per heavy atom. The number of aromatic nitrogens is 2. The van der Waals surface area contributed by atoms with Crippen molar-refractivity contribution in [2.45, 2.75) is 51.4 Å². The van der Waals surface area contributed by atoms with E-state index in [-0.39, 0.29) is 18.0 Å². The highest BCUT2D eigenvalue weighted by Gasteiger charge is 2.21. The number of hydrogen-bond donors (Lipinski definition) is 0. The molecule has 0 aliphatic carbocycles. The largest absolute Gasteiger partial charge is 0.497 e. The minimum Gasteiger partial charge on any atom is -0.497 e. The monoisotopic (exact) mass is 363 g/mol. The SMILES string of the molecule is COc1ccc(Cc2nnc(SCC(=O)N(C(C)C)C(C)C)o2)cc1. The second-order valence-corrected chi connectivity index (χ2v) is 7.19. The van der Waals surface area contributed by atoms with Crippen LogP contribution in [0.4, 0.5) is 0 Å². The summed E-state index contributed by atoms with van der Waals surface area (Å²) in [5, 5.41) is 8.49. The Bertz CT molecular complexity index is 675. The first-order valence-corrected chi connectivity index (χ1v) is 9.28. The molecule has 7 heteroatoms. The number of carbonyl (C=O) groups is 1. The number of ether oxygens (including phenoxy) is 1. The van der Waals surface area contributed by atoms with Crippen LogP contribution in [0.25, 0.3) is 0 Å². The third kappa shape index (κ3) is 5.49. The van der Waals surface area contributed by atoms with Crippen molar-refractivity contribution in [2.75, 3.05) is 12.9 Å². The van der Waals surface area contributed by atoms with Crippen molar-refractivity contribution in [3.63, 3.8) is 0 Å². The van der Waals surface area contributed by atoms with Crippen LogP contribution in [0.15, 0.2) is 33.9 Å². The van der Waals surface area contributed by atoms with Crippen LogP contribution >= 0.6 is 11.8 Å². The van der Waals surface area contributed by atoms with Crippen molar-refractivity contribution < 1.29 is 13.9 Å². The molecule has 2 rings (SSSR count). The van der Waals surface area contributed by atoms with Crippen molar-refractivity contribution in [3.8, 4) is 5.75 Å². The summed E-state index contributed by atoms with van der Waals surface area (Å²) in [6.07, 6.45) is 0.551. The highest BCUT2D eigenvalue weighted by Crippen LogP contribution is 2.20. The molecule has 0 aliphatic heterocycles. The van der Waals surface area contributed by atoms with Crippen LogP contribution in [-0.2, 0) is 11.2 Å². The molecule has 25 heavy (non-hydrogen) atoms. The lowest BCUT2D eigenvalue weighted by Gasteiger charge is -2.30. The van der Waals surface area contributed by atoms with Crippen LogP contribution in [0.1, 0.15) is 39.1 Å². The van der Waals surface area contributed by atoms with Gasteiger partial charge in [-0.3, -0.25) is 4.79 Å². The first-order valence-electron chi connectivity index (χ1n) is 8.30. The molecule has 1 heterocycles. The van der Waals surface area contributed by atoms with Gasteiger partial charge in [0.25, 0.3) is 5.22 Å². The van der Waals surface area contributed by atoms with Crippen molar-refractivity contribution in [1.82, 2.24) is 15.1 Å². The van der Waals surface area contributed by atoms with E-state index >= 15 is 0 Å². The Morgan fingerprint density at radius 3 is 2.36 bits per heavy atom. The predicted octanol–water partition coefficient (Wildman–Crippen LogP) is 3.41. The van der Waals surface area contributed by atoms with Gasteiger partial charge in [0.2, 0.25) is 11.8 Å². The fourth-order valence-electron chi connectivity index (χ4n) is 2.66. The Labute approximate surface area is 152 Å². The first kappa shape index (κ1) is 19.3. The zero-order valence-electron chi connectivity index (χ0n) is 15.4. The molecule has 2 aromatic rings. The molecule has 0 bridgehead atoms. The lowest BCUT2D eigenvalue weighted by atomic mass is 10.1. The topological polar surface area (TPSA) is 68.5 Å². The number of nitrogens with zero attached hydrogens (tertiary/aromatic N) is 3. The van der Waals surface area contributed by atoms with E-state index in [4.69, 9.17) is 9.15 Å².